The average molecular weight is 388 g/mol. The molecule has 2 aliphatic rings. The van der Waals surface area contributed by atoms with Crippen molar-refractivity contribution in [3.63, 3.8) is 0 Å². The van der Waals surface area contributed by atoms with Crippen LogP contribution in [0.3, 0.4) is 0 Å². The van der Waals surface area contributed by atoms with Crippen molar-refractivity contribution in [3.8, 4) is 0 Å². The third-order valence-corrected chi connectivity index (χ3v) is 5.92. The number of likely N-dealkylation sites (tertiary alicyclic amines) is 2. The lowest BCUT2D eigenvalue weighted by Gasteiger charge is -2.42. The lowest BCUT2D eigenvalue weighted by Crippen LogP contribution is -2.51. The second-order valence-corrected chi connectivity index (χ2v) is 8.17. The molecule has 7 heteroatoms. The molecular formula is C21H33N5O2. The number of carbonyl (C=O) groups is 2. The molecule has 2 amide bonds. The molecule has 7 nitrogen and oxygen atoms in total. The Morgan fingerprint density at radius 1 is 1.18 bits per heavy atom. The SMILES string of the molecule is CN(C)C(=O)CN1CCC(N2CCCC(C(=O)NCc3ccccn3)C2)CC1. The van der Waals surface area contributed by atoms with E-state index in [1.54, 1.807) is 11.1 Å². The number of nitrogens with one attached hydrogen (secondary N) is 1. The van der Waals surface area contributed by atoms with Crippen molar-refractivity contribution in [2.45, 2.75) is 38.3 Å². The molecular weight excluding hydrogens is 354 g/mol. The highest BCUT2D eigenvalue weighted by molar-refractivity contribution is 5.79. The van der Waals surface area contributed by atoms with Crippen molar-refractivity contribution >= 4 is 11.8 Å². The van der Waals surface area contributed by atoms with Gasteiger partial charge in [0.05, 0.1) is 24.7 Å². The highest BCUT2D eigenvalue weighted by Gasteiger charge is 2.32. The van der Waals surface area contributed by atoms with Crippen LogP contribution >= 0.6 is 0 Å². The van der Waals surface area contributed by atoms with Crippen LogP contribution in [0.25, 0.3) is 0 Å². The summed E-state index contributed by atoms with van der Waals surface area (Å²) in [7, 11) is 3.61. The first kappa shape index (κ1) is 20.7. The Labute approximate surface area is 168 Å². The van der Waals surface area contributed by atoms with Crippen molar-refractivity contribution in [2.75, 3.05) is 46.8 Å². The Balaban J connectivity index is 1.43. The average Bonchev–Trinajstić information content (AvgIpc) is 2.73. The number of rotatable bonds is 6. The van der Waals surface area contributed by atoms with Crippen molar-refractivity contribution in [1.29, 1.82) is 0 Å². The van der Waals surface area contributed by atoms with E-state index in [4.69, 9.17) is 0 Å². The molecule has 0 aliphatic carbocycles. The van der Waals surface area contributed by atoms with Gasteiger partial charge in [0.25, 0.3) is 0 Å². The molecule has 1 unspecified atom stereocenters. The predicted molar refractivity (Wildman–Crippen MR) is 109 cm³/mol. The molecule has 2 aliphatic heterocycles. The molecule has 3 heterocycles. The Bertz CT molecular complexity index is 643. The maximum atomic E-state index is 12.6. The molecule has 0 aromatic carbocycles. The van der Waals surface area contributed by atoms with E-state index in [1.807, 2.05) is 32.3 Å². The van der Waals surface area contributed by atoms with Crippen LogP contribution in [0.4, 0.5) is 0 Å². The molecule has 1 aromatic heterocycles. The van der Waals surface area contributed by atoms with Crippen LogP contribution in [0.15, 0.2) is 24.4 Å². The number of nitrogens with zero attached hydrogens (tertiary/aromatic N) is 4. The van der Waals surface area contributed by atoms with Gasteiger partial charge in [0, 0.05) is 46.0 Å². The van der Waals surface area contributed by atoms with Gasteiger partial charge in [0.15, 0.2) is 0 Å². The van der Waals surface area contributed by atoms with E-state index in [-0.39, 0.29) is 17.7 Å². The first-order valence-corrected chi connectivity index (χ1v) is 10.4. The van der Waals surface area contributed by atoms with Crippen molar-refractivity contribution in [1.82, 2.24) is 25.0 Å². The smallest absolute Gasteiger partial charge is 0.236 e. The van der Waals surface area contributed by atoms with Crippen LogP contribution in [0, 0.1) is 5.92 Å². The van der Waals surface area contributed by atoms with Crippen molar-refractivity contribution in [3.05, 3.63) is 30.1 Å². The summed E-state index contributed by atoms with van der Waals surface area (Å²) < 4.78 is 0. The molecule has 0 bridgehead atoms. The zero-order valence-corrected chi connectivity index (χ0v) is 17.1. The molecule has 0 radical (unpaired) electrons. The predicted octanol–water partition coefficient (Wildman–Crippen LogP) is 0.962. The molecule has 0 saturated carbocycles. The van der Waals surface area contributed by atoms with Gasteiger partial charge < -0.3 is 10.2 Å². The third kappa shape index (κ3) is 5.75. The number of pyridine rings is 1. The van der Waals surface area contributed by atoms with E-state index in [9.17, 15) is 9.59 Å². The van der Waals surface area contributed by atoms with E-state index in [0.717, 1.165) is 57.6 Å². The van der Waals surface area contributed by atoms with Gasteiger partial charge in [-0.3, -0.25) is 24.4 Å². The van der Waals surface area contributed by atoms with Crippen LogP contribution in [0.2, 0.25) is 0 Å². The number of hydrogen-bond acceptors (Lipinski definition) is 5. The monoisotopic (exact) mass is 387 g/mol. The van der Waals surface area contributed by atoms with Gasteiger partial charge in [-0.05, 0) is 44.4 Å². The molecule has 3 rings (SSSR count). The molecule has 1 aromatic rings. The Hall–Kier alpha value is -1.99. The molecule has 2 fully saturated rings. The largest absolute Gasteiger partial charge is 0.350 e. The fraction of sp³-hybridized carbons (Fsp3) is 0.667. The zero-order chi connectivity index (χ0) is 19.9. The summed E-state index contributed by atoms with van der Waals surface area (Å²) in [5.74, 6) is 0.372. The third-order valence-electron chi connectivity index (χ3n) is 5.92. The van der Waals surface area contributed by atoms with Crippen LogP contribution in [0.5, 0.6) is 0 Å². The van der Waals surface area contributed by atoms with E-state index < -0.39 is 0 Å². The van der Waals surface area contributed by atoms with Gasteiger partial charge in [0.1, 0.15) is 0 Å². The molecule has 1 N–H and O–H groups in total. The minimum Gasteiger partial charge on any atom is -0.350 e. The Kier molecular flexibility index (Phi) is 7.39. The summed E-state index contributed by atoms with van der Waals surface area (Å²) in [6.45, 7) is 4.84. The van der Waals surface area contributed by atoms with E-state index >= 15 is 0 Å². The normalized spacial score (nSPS) is 22.0. The number of aromatic nitrogens is 1. The maximum Gasteiger partial charge on any atom is 0.236 e. The van der Waals surface area contributed by atoms with Gasteiger partial charge in [0.2, 0.25) is 11.8 Å². The number of amides is 2. The fourth-order valence-electron chi connectivity index (χ4n) is 4.15. The van der Waals surface area contributed by atoms with E-state index in [1.165, 1.54) is 0 Å². The first-order chi connectivity index (χ1) is 13.5. The van der Waals surface area contributed by atoms with Crippen LogP contribution < -0.4 is 5.32 Å². The lowest BCUT2D eigenvalue weighted by molar-refractivity contribution is -0.131. The second kappa shape index (κ2) is 9.98. The molecule has 0 spiro atoms. The highest BCUT2D eigenvalue weighted by Crippen LogP contribution is 2.24. The quantitative estimate of drug-likeness (QED) is 0.788. The van der Waals surface area contributed by atoms with Crippen molar-refractivity contribution in [2.24, 2.45) is 5.92 Å². The Morgan fingerprint density at radius 3 is 2.64 bits per heavy atom. The zero-order valence-electron chi connectivity index (χ0n) is 17.1. The summed E-state index contributed by atoms with van der Waals surface area (Å²) in [4.78, 5) is 35.2. The van der Waals surface area contributed by atoms with E-state index in [2.05, 4.69) is 20.1 Å². The topological polar surface area (TPSA) is 68.8 Å². The first-order valence-electron chi connectivity index (χ1n) is 10.4. The van der Waals surface area contributed by atoms with Gasteiger partial charge in [-0.1, -0.05) is 6.07 Å². The number of hydrogen-bond donors (Lipinski definition) is 1. The molecule has 2 saturated heterocycles. The summed E-state index contributed by atoms with van der Waals surface area (Å²) in [5.41, 5.74) is 0.892. The van der Waals surface area contributed by atoms with Gasteiger partial charge in [-0.2, -0.15) is 0 Å². The van der Waals surface area contributed by atoms with Crippen molar-refractivity contribution < 1.29 is 9.59 Å². The van der Waals surface area contributed by atoms with Gasteiger partial charge in [-0.25, -0.2) is 0 Å². The number of likely N-dealkylation sites (N-methyl/N-ethyl adjacent to an activating group) is 1. The molecule has 28 heavy (non-hydrogen) atoms. The van der Waals surface area contributed by atoms with Gasteiger partial charge in [-0.15, -0.1) is 0 Å². The molecule has 154 valence electrons. The fourth-order valence-corrected chi connectivity index (χ4v) is 4.15. The number of piperidine rings is 2. The van der Waals surface area contributed by atoms with Crippen LogP contribution in [0.1, 0.15) is 31.4 Å². The van der Waals surface area contributed by atoms with E-state index in [0.29, 0.717) is 19.1 Å². The maximum absolute atomic E-state index is 12.6. The number of carbonyl (C=O) groups excluding carboxylic acids is 2. The summed E-state index contributed by atoms with van der Waals surface area (Å²) in [5, 5.41) is 3.05. The standard InChI is InChI=1S/C21H33N5O2/c1-24(2)20(27)16-25-12-8-19(9-13-25)26-11-5-6-17(15-26)21(28)23-14-18-7-3-4-10-22-18/h3-4,7,10,17,19H,5-6,8-9,11-16H2,1-2H3,(H,23,28). The van der Waals surface area contributed by atoms with Crippen LogP contribution in [-0.4, -0.2) is 84.4 Å². The minimum atomic E-state index is 0.0609. The van der Waals surface area contributed by atoms with Gasteiger partial charge >= 0.3 is 0 Å². The second-order valence-electron chi connectivity index (χ2n) is 8.17. The Morgan fingerprint density at radius 2 is 1.96 bits per heavy atom. The van der Waals surface area contributed by atoms with Crippen LogP contribution in [-0.2, 0) is 16.1 Å². The highest BCUT2D eigenvalue weighted by atomic mass is 16.2. The summed E-state index contributed by atoms with van der Waals surface area (Å²) >= 11 is 0. The summed E-state index contributed by atoms with van der Waals surface area (Å²) in [6, 6.07) is 6.28. The summed E-state index contributed by atoms with van der Waals surface area (Å²) in [6.07, 6.45) is 5.93. The molecule has 1 atom stereocenters. The minimum absolute atomic E-state index is 0.0609. The lowest BCUT2D eigenvalue weighted by atomic mass is 9.93.